The van der Waals surface area contributed by atoms with Crippen LogP contribution in [-0.2, 0) is 0 Å². The quantitative estimate of drug-likeness (QED) is 0.629. The van der Waals surface area contributed by atoms with Crippen LogP contribution in [0.4, 0.5) is 5.69 Å². The highest BCUT2D eigenvalue weighted by Crippen LogP contribution is 2.22. The molecule has 2 N–H and O–H groups in total. The van der Waals surface area contributed by atoms with Crippen molar-refractivity contribution in [1.82, 2.24) is 0 Å². The highest BCUT2D eigenvalue weighted by Gasteiger charge is 2.06. The van der Waals surface area contributed by atoms with E-state index in [0.717, 1.165) is 23.9 Å². The van der Waals surface area contributed by atoms with Gasteiger partial charge in [0, 0.05) is 11.4 Å². The number of anilines is 1. The average Bonchev–Trinajstić information content (AvgIpc) is 2.74. The van der Waals surface area contributed by atoms with Crippen molar-refractivity contribution in [3.8, 4) is 5.75 Å². The minimum Gasteiger partial charge on any atom is -0.508 e. The molecular weight excluding hydrogens is 228 g/mol. The summed E-state index contributed by atoms with van der Waals surface area (Å²) in [6.07, 6.45) is 0. The van der Waals surface area contributed by atoms with E-state index < -0.39 is 0 Å². The van der Waals surface area contributed by atoms with E-state index in [0.29, 0.717) is 5.75 Å². The molecule has 80 valence electrons. The smallest absolute Gasteiger partial charge is 0.126 e. The molecule has 1 heterocycles. The average molecular weight is 240 g/mol. The largest absolute Gasteiger partial charge is 0.508 e. The van der Waals surface area contributed by atoms with Crippen molar-refractivity contribution in [2.45, 2.75) is 0 Å². The molecule has 2 rings (SSSR count). The highest BCUT2D eigenvalue weighted by molar-refractivity contribution is 8.39. The lowest BCUT2D eigenvalue weighted by atomic mass is 10.3. The molecule has 1 aliphatic rings. The molecule has 1 aromatic rings. The Bertz CT molecular complexity index is 351. The maximum absolute atomic E-state index is 9.10. The lowest BCUT2D eigenvalue weighted by molar-refractivity contribution is 0.475. The van der Waals surface area contributed by atoms with Crippen LogP contribution in [0.3, 0.4) is 0 Å². The van der Waals surface area contributed by atoms with Gasteiger partial charge in [0.15, 0.2) is 0 Å². The molecule has 0 radical (unpaired) electrons. The van der Waals surface area contributed by atoms with Crippen molar-refractivity contribution in [2.75, 3.05) is 23.5 Å². The first kappa shape index (κ1) is 10.7. The molecule has 5 heteroatoms. The Balaban J connectivity index is 1.75. The fourth-order valence-electron chi connectivity index (χ4n) is 1.16. The number of phenolic OH excluding ortho intramolecular Hbond substituents is 1. The summed E-state index contributed by atoms with van der Waals surface area (Å²) in [6, 6.07) is 7.07. The SMILES string of the molecule is Oc1ccc(NCSC2=NCCS2)cc1. The van der Waals surface area contributed by atoms with Crippen LogP contribution in [0.2, 0.25) is 0 Å². The Kier molecular flexibility index (Phi) is 3.80. The topological polar surface area (TPSA) is 44.6 Å². The number of aromatic hydroxyl groups is 1. The second-order valence-electron chi connectivity index (χ2n) is 3.01. The molecular formula is C10H12N2OS2. The number of phenols is 1. The van der Waals surface area contributed by atoms with Gasteiger partial charge in [0.1, 0.15) is 10.1 Å². The Labute approximate surface area is 97.4 Å². The van der Waals surface area contributed by atoms with Crippen LogP contribution >= 0.6 is 23.5 Å². The number of nitrogens with one attached hydrogen (secondary N) is 1. The van der Waals surface area contributed by atoms with E-state index in [4.69, 9.17) is 5.11 Å². The monoisotopic (exact) mass is 240 g/mol. The van der Waals surface area contributed by atoms with Gasteiger partial charge >= 0.3 is 0 Å². The molecule has 0 saturated carbocycles. The standard InChI is InChI=1S/C10H12N2OS2/c13-9-3-1-8(2-4-9)12-7-15-10-11-5-6-14-10/h1-4,12-13H,5-7H2. The van der Waals surface area contributed by atoms with E-state index in [1.165, 1.54) is 4.38 Å². The zero-order valence-electron chi connectivity index (χ0n) is 8.14. The van der Waals surface area contributed by atoms with Gasteiger partial charge in [0.05, 0.1) is 12.4 Å². The van der Waals surface area contributed by atoms with E-state index in [1.54, 1.807) is 23.9 Å². The lowest BCUT2D eigenvalue weighted by Crippen LogP contribution is -1.98. The number of aliphatic imine (C=N–C) groups is 1. The van der Waals surface area contributed by atoms with E-state index >= 15 is 0 Å². The van der Waals surface area contributed by atoms with Crippen molar-refractivity contribution in [3.63, 3.8) is 0 Å². The summed E-state index contributed by atoms with van der Waals surface area (Å²) < 4.78 is 1.17. The summed E-state index contributed by atoms with van der Waals surface area (Å²) in [5.74, 6) is 2.22. The van der Waals surface area contributed by atoms with Gasteiger partial charge < -0.3 is 10.4 Å². The lowest BCUT2D eigenvalue weighted by Gasteiger charge is -2.05. The zero-order valence-corrected chi connectivity index (χ0v) is 9.77. The van der Waals surface area contributed by atoms with E-state index in [-0.39, 0.29) is 0 Å². The van der Waals surface area contributed by atoms with Crippen LogP contribution in [0.1, 0.15) is 0 Å². The predicted octanol–water partition coefficient (Wildman–Crippen LogP) is 2.60. The van der Waals surface area contributed by atoms with E-state index in [2.05, 4.69) is 10.3 Å². The fraction of sp³-hybridized carbons (Fsp3) is 0.300. The number of nitrogens with zero attached hydrogens (tertiary/aromatic N) is 1. The maximum Gasteiger partial charge on any atom is 0.126 e. The highest BCUT2D eigenvalue weighted by atomic mass is 32.2. The second kappa shape index (κ2) is 5.32. The predicted molar refractivity (Wildman–Crippen MR) is 68.9 cm³/mol. The third kappa shape index (κ3) is 3.35. The summed E-state index contributed by atoms with van der Waals surface area (Å²) in [5.41, 5.74) is 1.02. The summed E-state index contributed by atoms with van der Waals surface area (Å²) >= 11 is 3.54. The fourth-order valence-corrected chi connectivity index (χ4v) is 3.01. The molecule has 0 amide bonds. The molecule has 3 nitrogen and oxygen atoms in total. The third-order valence-electron chi connectivity index (χ3n) is 1.90. The Hall–Kier alpha value is -0.810. The van der Waals surface area contributed by atoms with Gasteiger partial charge in [-0.3, -0.25) is 4.99 Å². The Morgan fingerprint density at radius 3 is 2.87 bits per heavy atom. The Morgan fingerprint density at radius 1 is 1.40 bits per heavy atom. The minimum atomic E-state index is 0.295. The van der Waals surface area contributed by atoms with Gasteiger partial charge in [-0.25, -0.2) is 0 Å². The number of hydrogen-bond acceptors (Lipinski definition) is 5. The van der Waals surface area contributed by atoms with Gasteiger partial charge in [-0.1, -0.05) is 23.5 Å². The molecule has 0 bridgehead atoms. The van der Waals surface area contributed by atoms with Gasteiger partial charge in [-0.15, -0.1) is 0 Å². The first-order valence-electron chi connectivity index (χ1n) is 4.67. The van der Waals surface area contributed by atoms with Crippen molar-refractivity contribution >= 4 is 33.6 Å². The molecule has 15 heavy (non-hydrogen) atoms. The number of benzene rings is 1. The molecule has 0 saturated heterocycles. The molecule has 0 atom stereocenters. The first-order valence-corrected chi connectivity index (χ1v) is 6.65. The van der Waals surface area contributed by atoms with Gasteiger partial charge in [-0.05, 0) is 24.3 Å². The molecule has 0 aliphatic carbocycles. The number of rotatable bonds is 3. The van der Waals surface area contributed by atoms with Crippen molar-refractivity contribution in [3.05, 3.63) is 24.3 Å². The molecule has 0 fully saturated rings. The maximum atomic E-state index is 9.10. The molecule has 1 aliphatic heterocycles. The van der Waals surface area contributed by atoms with Crippen LogP contribution in [-0.4, -0.2) is 27.7 Å². The van der Waals surface area contributed by atoms with Gasteiger partial charge in [0.25, 0.3) is 0 Å². The van der Waals surface area contributed by atoms with Crippen LogP contribution in [0.15, 0.2) is 29.3 Å². The van der Waals surface area contributed by atoms with Crippen molar-refractivity contribution in [1.29, 1.82) is 0 Å². The number of thioether (sulfide) groups is 2. The minimum absolute atomic E-state index is 0.295. The summed E-state index contributed by atoms with van der Waals surface area (Å²) in [5, 5.41) is 12.4. The van der Waals surface area contributed by atoms with Gasteiger partial charge in [0.2, 0.25) is 0 Å². The van der Waals surface area contributed by atoms with E-state index in [1.807, 2.05) is 23.9 Å². The molecule has 0 spiro atoms. The third-order valence-corrected chi connectivity index (χ3v) is 4.03. The van der Waals surface area contributed by atoms with Crippen LogP contribution < -0.4 is 5.32 Å². The van der Waals surface area contributed by atoms with Crippen LogP contribution in [0, 0.1) is 0 Å². The summed E-state index contributed by atoms with van der Waals surface area (Å²) in [6.45, 7) is 0.951. The zero-order chi connectivity index (χ0) is 10.5. The second-order valence-corrected chi connectivity index (χ2v) is 5.31. The molecule has 1 aromatic carbocycles. The Morgan fingerprint density at radius 2 is 2.20 bits per heavy atom. The summed E-state index contributed by atoms with van der Waals surface area (Å²) in [7, 11) is 0. The molecule has 0 unspecified atom stereocenters. The van der Waals surface area contributed by atoms with Crippen LogP contribution in [0.25, 0.3) is 0 Å². The van der Waals surface area contributed by atoms with E-state index in [9.17, 15) is 0 Å². The first-order chi connectivity index (χ1) is 7.34. The number of hydrogen-bond donors (Lipinski definition) is 2. The van der Waals surface area contributed by atoms with Crippen molar-refractivity contribution in [2.24, 2.45) is 4.99 Å². The van der Waals surface area contributed by atoms with Crippen LogP contribution in [0.5, 0.6) is 5.75 Å². The summed E-state index contributed by atoms with van der Waals surface area (Å²) in [4.78, 5) is 4.34. The van der Waals surface area contributed by atoms with Crippen molar-refractivity contribution < 1.29 is 5.11 Å². The van der Waals surface area contributed by atoms with Gasteiger partial charge in [-0.2, -0.15) is 0 Å². The molecule has 0 aromatic heterocycles. The normalized spacial score (nSPS) is 15.1.